The molecule has 4 nitrogen and oxygen atoms in total. The molecule has 2 aliphatic rings. The molecular formula is C24H29ClN2O2. The first kappa shape index (κ1) is 20.4. The fraction of sp³-hybridized carbons (Fsp3) is 0.458. The molecule has 4 rings (SSSR count). The molecule has 2 aliphatic heterocycles. The van der Waals surface area contributed by atoms with E-state index >= 15 is 0 Å². The summed E-state index contributed by atoms with van der Waals surface area (Å²) in [6.07, 6.45) is 3.52. The molecule has 0 aliphatic carbocycles. The summed E-state index contributed by atoms with van der Waals surface area (Å²) in [7, 11) is 0. The van der Waals surface area contributed by atoms with Crippen LogP contribution in [0.15, 0.2) is 54.6 Å². The second kappa shape index (κ2) is 9.29. The molecule has 1 amide bonds. The molecule has 2 aromatic rings. The summed E-state index contributed by atoms with van der Waals surface area (Å²) in [5.74, 6) is 0.120. The fourth-order valence-corrected chi connectivity index (χ4v) is 4.83. The fourth-order valence-electron chi connectivity index (χ4n) is 4.63. The number of carbonyl (C=O) groups excluding carboxylic acids is 1. The maximum absolute atomic E-state index is 13.5. The van der Waals surface area contributed by atoms with Gasteiger partial charge in [-0.15, -0.1) is 0 Å². The summed E-state index contributed by atoms with van der Waals surface area (Å²) in [5.41, 5.74) is 1.77. The lowest BCUT2D eigenvalue weighted by Crippen LogP contribution is -2.54. The quantitative estimate of drug-likeness (QED) is 0.801. The molecule has 0 saturated carbocycles. The third-order valence-electron chi connectivity index (χ3n) is 6.25. The zero-order chi connectivity index (χ0) is 20.1. The van der Waals surface area contributed by atoms with Gasteiger partial charge in [0.05, 0.1) is 5.41 Å². The molecule has 1 unspecified atom stereocenters. The minimum absolute atomic E-state index is 0.120. The molecule has 2 fully saturated rings. The van der Waals surface area contributed by atoms with E-state index in [1.54, 1.807) is 0 Å². The van der Waals surface area contributed by atoms with Gasteiger partial charge in [-0.2, -0.15) is 0 Å². The minimum Gasteiger partial charge on any atom is -0.381 e. The van der Waals surface area contributed by atoms with E-state index < -0.39 is 5.41 Å². The number of hydrogen-bond donors (Lipinski definition) is 1. The summed E-state index contributed by atoms with van der Waals surface area (Å²) in [5, 5.41) is 4.06. The van der Waals surface area contributed by atoms with E-state index in [1.807, 2.05) is 30.3 Å². The van der Waals surface area contributed by atoms with Gasteiger partial charge in [0.15, 0.2) is 0 Å². The number of benzene rings is 2. The lowest BCUT2D eigenvalue weighted by atomic mass is 9.73. The van der Waals surface area contributed by atoms with Crippen molar-refractivity contribution in [2.24, 2.45) is 0 Å². The van der Waals surface area contributed by atoms with Gasteiger partial charge in [-0.3, -0.25) is 9.69 Å². The summed E-state index contributed by atoms with van der Waals surface area (Å²) in [6, 6.07) is 18.5. The predicted octanol–water partition coefficient (Wildman–Crippen LogP) is 4.17. The molecule has 5 heteroatoms. The van der Waals surface area contributed by atoms with Gasteiger partial charge in [0.2, 0.25) is 5.91 Å². The molecule has 0 radical (unpaired) electrons. The predicted molar refractivity (Wildman–Crippen MR) is 116 cm³/mol. The van der Waals surface area contributed by atoms with Crippen molar-refractivity contribution in [2.75, 3.05) is 26.3 Å². The molecule has 2 heterocycles. The first-order chi connectivity index (χ1) is 14.2. The Morgan fingerprint density at radius 2 is 1.93 bits per heavy atom. The molecule has 0 bridgehead atoms. The molecule has 1 N–H and O–H groups in total. The summed E-state index contributed by atoms with van der Waals surface area (Å²) in [6.45, 7) is 4.10. The van der Waals surface area contributed by atoms with Crippen LogP contribution < -0.4 is 5.32 Å². The number of nitrogens with one attached hydrogen (secondary N) is 1. The van der Waals surface area contributed by atoms with E-state index in [9.17, 15) is 4.79 Å². The number of hydrogen-bond acceptors (Lipinski definition) is 3. The summed E-state index contributed by atoms with van der Waals surface area (Å²) in [4.78, 5) is 16.0. The molecule has 154 valence electrons. The zero-order valence-corrected chi connectivity index (χ0v) is 17.5. The van der Waals surface area contributed by atoms with Crippen molar-refractivity contribution in [1.82, 2.24) is 10.2 Å². The second-order valence-corrected chi connectivity index (χ2v) is 8.67. The van der Waals surface area contributed by atoms with Crippen LogP contribution in [0, 0.1) is 0 Å². The molecule has 0 aromatic heterocycles. The first-order valence-electron chi connectivity index (χ1n) is 10.6. The topological polar surface area (TPSA) is 41.6 Å². The van der Waals surface area contributed by atoms with Crippen molar-refractivity contribution in [3.05, 3.63) is 70.7 Å². The minimum atomic E-state index is -0.551. The van der Waals surface area contributed by atoms with Gasteiger partial charge in [0.1, 0.15) is 0 Å². The van der Waals surface area contributed by atoms with Crippen LogP contribution in [0.4, 0.5) is 0 Å². The van der Waals surface area contributed by atoms with Gasteiger partial charge in [0, 0.05) is 37.4 Å². The normalized spacial score (nSPS) is 22.2. The van der Waals surface area contributed by atoms with Crippen LogP contribution in [0.5, 0.6) is 0 Å². The SMILES string of the molecule is O=C(NC1CCCN(Cc2ccccc2)C1)C1(c2cccc(Cl)c2)CCOCC1. The Morgan fingerprint density at radius 3 is 2.69 bits per heavy atom. The van der Waals surface area contributed by atoms with Crippen LogP contribution in [0.2, 0.25) is 5.02 Å². The molecule has 0 spiro atoms. The van der Waals surface area contributed by atoms with Crippen LogP contribution >= 0.6 is 11.6 Å². The Morgan fingerprint density at radius 1 is 1.14 bits per heavy atom. The van der Waals surface area contributed by atoms with Crippen LogP contribution in [0.25, 0.3) is 0 Å². The smallest absolute Gasteiger partial charge is 0.231 e. The third-order valence-corrected chi connectivity index (χ3v) is 6.48. The number of halogens is 1. The van der Waals surface area contributed by atoms with Gasteiger partial charge in [0.25, 0.3) is 0 Å². The molecule has 1 atom stereocenters. The van der Waals surface area contributed by atoms with Gasteiger partial charge in [-0.05, 0) is 55.5 Å². The van der Waals surface area contributed by atoms with Crippen molar-refractivity contribution < 1.29 is 9.53 Å². The number of piperidine rings is 1. The lowest BCUT2D eigenvalue weighted by molar-refractivity contribution is -0.131. The summed E-state index contributed by atoms with van der Waals surface area (Å²) >= 11 is 6.25. The van der Waals surface area contributed by atoms with Crippen molar-refractivity contribution in [3.63, 3.8) is 0 Å². The van der Waals surface area contributed by atoms with Gasteiger partial charge >= 0.3 is 0 Å². The van der Waals surface area contributed by atoms with Crippen LogP contribution in [0.1, 0.15) is 36.8 Å². The van der Waals surface area contributed by atoms with E-state index in [-0.39, 0.29) is 11.9 Å². The van der Waals surface area contributed by atoms with Crippen molar-refractivity contribution in [2.45, 2.75) is 43.7 Å². The zero-order valence-electron chi connectivity index (χ0n) is 16.8. The van der Waals surface area contributed by atoms with Crippen molar-refractivity contribution in [1.29, 1.82) is 0 Å². The largest absolute Gasteiger partial charge is 0.381 e. The van der Waals surface area contributed by atoms with Crippen LogP contribution in [-0.2, 0) is 21.5 Å². The van der Waals surface area contributed by atoms with Crippen LogP contribution in [0.3, 0.4) is 0 Å². The number of nitrogens with zero attached hydrogens (tertiary/aromatic N) is 1. The van der Waals surface area contributed by atoms with Gasteiger partial charge in [-0.25, -0.2) is 0 Å². The highest BCUT2D eigenvalue weighted by atomic mass is 35.5. The average molecular weight is 413 g/mol. The molecule has 2 aromatic carbocycles. The summed E-state index contributed by atoms with van der Waals surface area (Å²) < 4.78 is 5.58. The highest BCUT2D eigenvalue weighted by Crippen LogP contribution is 2.36. The van der Waals surface area contributed by atoms with E-state index in [0.29, 0.717) is 31.1 Å². The van der Waals surface area contributed by atoms with Gasteiger partial charge < -0.3 is 10.1 Å². The van der Waals surface area contributed by atoms with E-state index in [0.717, 1.165) is 38.0 Å². The Labute approximate surface area is 178 Å². The van der Waals surface area contributed by atoms with E-state index in [2.05, 4.69) is 34.5 Å². The maximum Gasteiger partial charge on any atom is 0.231 e. The number of carbonyl (C=O) groups is 1. The molecular weight excluding hydrogens is 384 g/mol. The van der Waals surface area contributed by atoms with Crippen molar-refractivity contribution in [3.8, 4) is 0 Å². The number of ether oxygens (including phenoxy) is 1. The monoisotopic (exact) mass is 412 g/mol. The molecule has 2 saturated heterocycles. The third kappa shape index (κ3) is 4.82. The Bertz CT molecular complexity index is 821. The lowest BCUT2D eigenvalue weighted by Gasteiger charge is -2.39. The van der Waals surface area contributed by atoms with Crippen molar-refractivity contribution >= 4 is 17.5 Å². The van der Waals surface area contributed by atoms with Crippen LogP contribution in [-0.4, -0.2) is 43.2 Å². The highest BCUT2D eigenvalue weighted by molar-refractivity contribution is 6.30. The first-order valence-corrected chi connectivity index (χ1v) is 10.9. The second-order valence-electron chi connectivity index (χ2n) is 8.24. The Hall–Kier alpha value is -1.88. The number of likely N-dealkylation sites (tertiary alicyclic amines) is 1. The van der Waals surface area contributed by atoms with E-state index in [1.165, 1.54) is 5.56 Å². The number of amides is 1. The molecule has 29 heavy (non-hydrogen) atoms. The Kier molecular flexibility index (Phi) is 6.53. The average Bonchev–Trinajstić information content (AvgIpc) is 2.75. The van der Waals surface area contributed by atoms with E-state index in [4.69, 9.17) is 16.3 Å². The highest BCUT2D eigenvalue weighted by Gasteiger charge is 2.42. The van der Waals surface area contributed by atoms with Gasteiger partial charge in [-0.1, -0.05) is 54.1 Å². The standard InChI is InChI=1S/C24H29ClN2O2/c25-21-9-4-8-20(16-21)24(11-14-29-15-12-24)23(28)26-22-10-5-13-27(18-22)17-19-6-2-1-3-7-19/h1-4,6-9,16,22H,5,10-15,17-18H2,(H,26,28). The Balaban J connectivity index is 1.46. The maximum atomic E-state index is 13.5. The number of rotatable bonds is 5.